The number of hydrogen-bond acceptors (Lipinski definition) is 2. The second kappa shape index (κ2) is 7.84. The van der Waals surface area contributed by atoms with Crippen molar-refractivity contribution in [2.45, 2.75) is 25.1 Å². The van der Waals surface area contributed by atoms with Gasteiger partial charge in [0.1, 0.15) is 0 Å². The van der Waals surface area contributed by atoms with E-state index >= 15 is 0 Å². The third-order valence-corrected chi connectivity index (χ3v) is 3.88. The molecule has 0 aliphatic carbocycles. The van der Waals surface area contributed by atoms with Crippen molar-refractivity contribution in [1.29, 1.82) is 5.26 Å². The Morgan fingerprint density at radius 1 is 1.16 bits per heavy atom. The molecule has 0 aromatic heterocycles. The normalized spacial score (nSPS) is 12.3. The van der Waals surface area contributed by atoms with E-state index in [4.69, 9.17) is 5.26 Å². The lowest BCUT2D eigenvalue weighted by molar-refractivity contribution is -0.160. The van der Waals surface area contributed by atoms with Gasteiger partial charge in [-0.3, -0.25) is 4.79 Å². The van der Waals surface area contributed by atoms with Gasteiger partial charge in [0.05, 0.1) is 17.6 Å². The number of rotatable bonds is 5. The first kappa shape index (κ1) is 18.5. The molecule has 0 unspecified atom stereocenters. The summed E-state index contributed by atoms with van der Waals surface area (Å²) >= 11 is 0. The Kier molecular flexibility index (Phi) is 5.81. The molecule has 0 saturated heterocycles. The molecule has 0 heterocycles. The molecule has 1 atom stereocenters. The Bertz CT molecular complexity index is 766. The summed E-state index contributed by atoms with van der Waals surface area (Å²) in [4.78, 5) is 13.5. The number of halogens is 3. The average molecular weight is 346 g/mol. The van der Waals surface area contributed by atoms with Crippen molar-refractivity contribution in [3.63, 3.8) is 0 Å². The minimum atomic E-state index is -4.50. The van der Waals surface area contributed by atoms with E-state index in [2.05, 4.69) is 0 Å². The van der Waals surface area contributed by atoms with Crippen molar-refractivity contribution >= 4 is 5.91 Å². The third-order valence-electron chi connectivity index (χ3n) is 3.88. The zero-order valence-electron chi connectivity index (χ0n) is 13.6. The molecule has 0 fully saturated rings. The summed E-state index contributed by atoms with van der Waals surface area (Å²) in [6.45, 7) is 0.147. The maximum absolute atomic E-state index is 13.3. The van der Waals surface area contributed by atoms with Crippen molar-refractivity contribution < 1.29 is 18.0 Å². The van der Waals surface area contributed by atoms with E-state index in [9.17, 15) is 18.0 Å². The molecule has 0 spiro atoms. The first-order chi connectivity index (χ1) is 11.8. The summed E-state index contributed by atoms with van der Waals surface area (Å²) in [5.41, 5.74) is 1.21. The number of nitrogens with zero attached hydrogens (tertiary/aromatic N) is 2. The molecule has 0 aliphatic heterocycles. The van der Waals surface area contributed by atoms with Crippen molar-refractivity contribution in [1.82, 2.24) is 4.90 Å². The van der Waals surface area contributed by atoms with Crippen LogP contribution in [0, 0.1) is 11.3 Å². The molecule has 25 heavy (non-hydrogen) atoms. The monoisotopic (exact) mass is 346 g/mol. The van der Waals surface area contributed by atoms with E-state index in [1.54, 1.807) is 30.3 Å². The van der Waals surface area contributed by atoms with Crippen LogP contribution >= 0.6 is 0 Å². The van der Waals surface area contributed by atoms with Crippen LogP contribution < -0.4 is 0 Å². The van der Waals surface area contributed by atoms with Gasteiger partial charge in [-0.05, 0) is 23.3 Å². The lowest BCUT2D eigenvalue weighted by Crippen LogP contribution is -2.31. The molecule has 0 N–H and O–H groups in total. The summed E-state index contributed by atoms with van der Waals surface area (Å²) in [5, 5.41) is 8.88. The summed E-state index contributed by atoms with van der Waals surface area (Å²) in [5.74, 6) is -2.44. The van der Waals surface area contributed by atoms with Gasteiger partial charge < -0.3 is 4.90 Å². The number of alkyl halides is 3. The van der Waals surface area contributed by atoms with Crippen LogP contribution in [0.5, 0.6) is 0 Å². The lowest BCUT2D eigenvalue weighted by Gasteiger charge is -2.24. The zero-order valence-corrected chi connectivity index (χ0v) is 13.6. The number of carbonyl (C=O) groups is 1. The Morgan fingerprint density at radius 2 is 1.84 bits per heavy atom. The third kappa shape index (κ3) is 5.08. The smallest absolute Gasteiger partial charge is 0.341 e. The van der Waals surface area contributed by atoms with Gasteiger partial charge in [-0.1, -0.05) is 42.5 Å². The van der Waals surface area contributed by atoms with E-state index in [1.165, 1.54) is 36.2 Å². The number of benzene rings is 2. The average Bonchev–Trinajstić information content (AvgIpc) is 2.59. The zero-order chi connectivity index (χ0) is 18.4. The summed E-state index contributed by atoms with van der Waals surface area (Å²) in [7, 11) is 1.46. The molecule has 0 bridgehead atoms. The van der Waals surface area contributed by atoms with Crippen LogP contribution in [0.1, 0.15) is 29.0 Å². The number of carbonyl (C=O) groups excluding carboxylic acids is 1. The van der Waals surface area contributed by atoms with Crippen molar-refractivity contribution in [3.8, 4) is 6.07 Å². The van der Waals surface area contributed by atoms with E-state index in [0.29, 0.717) is 11.1 Å². The van der Waals surface area contributed by atoms with Crippen LogP contribution in [-0.2, 0) is 11.3 Å². The minimum absolute atomic E-state index is 0.0724. The van der Waals surface area contributed by atoms with E-state index in [0.717, 1.165) is 0 Å². The fourth-order valence-electron chi connectivity index (χ4n) is 2.54. The highest BCUT2D eigenvalue weighted by Crippen LogP contribution is 2.37. The van der Waals surface area contributed by atoms with Gasteiger partial charge in [-0.25, -0.2) is 0 Å². The van der Waals surface area contributed by atoms with Gasteiger partial charge in [0.2, 0.25) is 5.91 Å². The van der Waals surface area contributed by atoms with Gasteiger partial charge >= 0.3 is 6.18 Å². The summed E-state index contributed by atoms with van der Waals surface area (Å²) in [6, 6.07) is 16.1. The van der Waals surface area contributed by atoms with Crippen molar-refractivity contribution in [2.24, 2.45) is 0 Å². The molecule has 130 valence electrons. The van der Waals surface area contributed by atoms with Crippen LogP contribution in [0.25, 0.3) is 0 Å². The standard InChI is InChI=1S/C19H17F3N2O/c1-24(13-15-7-5-6-14(10-15)12-23)18(25)11-17(19(20,21)22)16-8-3-2-4-9-16/h2-10,17H,11,13H2,1H3/t17-/m0/s1. The fraction of sp³-hybridized carbons (Fsp3) is 0.263. The number of hydrogen-bond donors (Lipinski definition) is 0. The summed E-state index contributed by atoms with van der Waals surface area (Å²) in [6.07, 6.45) is -5.15. The molecular formula is C19H17F3N2O. The maximum Gasteiger partial charge on any atom is 0.396 e. The molecule has 3 nitrogen and oxygen atoms in total. The Labute approximate surface area is 144 Å². The highest BCUT2D eigenvalue weighted by molar-refractivity contribution is 5.77. The van der Waals surface area contributed by atoms with Crippen LogP contribution in [-0.4, -0.2) is 24.0 Å². The second-order valence-electron chi connectivity index (χ2n) is 5.77. The Hall–Kier alpha value is -2.81. The first-order valence-electron chi connectivity index (χ1n) is 7.66. The van der Waals surface area contributed by atoms with E-state index in [1.807, 2.05) is 6.07 Å². The predicted molar refractivity (Wildman–Crippen MR) is 87.5 cm³/mol. The molecule has 2 rings (SSSR count). The van der Waals surface area contributed by atoms with Gasteiger partial charge in [-0.15, -0.1) is 0 Å². The van der Waals surface area contributed by atoms with Crippen LogP contribution in [0.4, 0.5) is 13.2 Å². The molecule has 2 aromatic rings. The predicted octanol–water partition coefficient (Wildman–Crippen LogP) is 4.25. The topological polar surface area (TPSA) is 44.1 Å². The highest BCUT2D eigenvalue weighted by atomic mass is 19.4. The molecular weight excluding hydrogens is 329 g/mol. The largest absolute Gasteiger partial charge is 0.396 e. The Morgan fingerprint density at radius 3 is 2.44 bits per heavy atom. The highest BCUT2D eigenvalue weighted by Gasteiger charge is 2.42. The fourth-order valence-corrected chi connectivity index (χ4v) is 2.54. The number of nitriles is 1. The SMILES string of the molecule is CN(Cc1cccc(C#N)c1)C(=O)C[C@@H](c1ccccc1)C(F)(F)F. The van der Waals surface area contributed by atoms with E-state index in [-0.39, 0.29) is 12.1 Å². The van der Waals surface area contributed by atoms with Gasteiger partial charge in [-0.2, -0.15) is 18.4 Å². The molecule has 0 saturated carbocycles. The summed E-state index contributed by atoms with van der Waals surface area (Å²) < 4.78 is 40.0. The van der Waals surface area contributed by atoms with Crippen LogP contribution in [0.15, 0.2) is 54.6 Å². The van der Waals surface area contributed by atoms with Crippen molar-refractivity contribution in [3.05, 3.63) is 71.3 Å². The molecule has 0 aliphatic rings. The lowest BCUT2D eigenvalue weighted by atomic mass is 9.94. The first-order valence-corrected chi connectivity index (χ1v) is 7.66. The molecule has 0 radical (unpaired) electrons. The van der Waals surface area contributed by atoms with Gasteiger partial charge in [0, 0.05) is 20.0 Å². The van der Waals surface area contributed by atoms with Crippen LogP contribution in [0.2, 0.25) is 0 Å². The number of amides is 1. The van der Waals surface area contributed by atoms with Gasteiger partial charge in [0.15, 0.2) is 0 Å². The molecule has 6 heteroatoms. The maximum atomic E-state index is 13.3. The molecule has 2 aromatic carbocycles. The Balaban J connectivity index is 2.11. The van der Waals surface area contributed by atoms with Crippen molar-refractivity contribution in [2.75, 3.05) is 7.05 Å². The molecule has 1 amide bonds. The second-order valence-corrected chi connectivity index (χ2v) is 5.77. The van der Waals surface area contributed by atoms with Crippen LogP contribution in [0.3, 0.4) is 0 Å². The quantitative estimate of drug-likeness (QED) is 0.812. The minimum Gasteiger partial charge on any atom is -0.341 e. The van der Waals surface area contributed by atoms with Gasteiger partial charge in [0.25, 0.3) is 0 Å². The van der Waals surface area contributed by atoms with E-state index < -0.39 is 24.4 Å².